The third kappa shape index (κ3) is 5.03. The molecule has 0 aliphatic carbocycles. The van der Waals surface area contributed by atoms with Gasteiger partial charge < -0.3 is 33.2 Å². The summed E-state index contributed by atoms with van der Waals surface area (Å²) in [5.74, 6) is 1.14. The van der Waals surface area contributed by atoms with Gasteiger partial charge >= 0.3 is 17.1 Å². The highest BCUT2D eigenvalue weighted by Crippen LogP contribution is 2.52. The van der Waals surface area contributed by atoms with Crippen LogP contribution in [0.2, 0.25) is 22.2 Å². The second kappa shape index (κ2) is 11.5. The van der Waals surface area contributed by atoms with Gasteiger partial charge in [-0.3, -0.25) is 4.79 Å². The van der Waals surface area contributed by atoms with Gasteiger partial charge in [-0.2, -0.15) is 0 Å². The fraction of sp³-hybridized carbons (Fsp3) is 0.645. The van der Waals surface area contributed by atoms with E-state index in [9.17, 15) is 4.79 Å². The van der Waals surface area contributed by atoms with Crippen LogP contribution in [0.1, 0.15) is 78.6 Å². The van der Waals surface area contributed by atoms with Gasteiger partial charge in [-0.25, -0.2) is 9.97 Å². The minimum Gasteiger partial charge on any atom is -0.414 e. The largest absolute Gasteiger partial charge is 0.414 e. The maximum absolute atomic E-state index is 13.0. The zero-order valence-electron chi connectivity index (χ0n) is 26.7. The van der Waals surface area contributed by atoms with Crippen molar-refractivity contribution in [2.24, 2.45) is 5.92 Å². The van der Waals surface area contributed by atoms with Crippen molar-refractivity contribution >= 4 is 40.4 Å². The molecule has 3 fully saturated rings. The van der Waals surface area contributed by atoms with E-state index in [4.69, 9.17) is 22.7 Å². The van der Waals surface area contributed by atoms with Gasteiger partial charge in [0, 0.05) is 11.5 Å². The van der Waals surface area contributed by atoms with Crippen LogP contribution >= 0.6 is 0 Å². The van der Waals surface area contributed by atoms with Crippen LogP contribution < -0.4 is 15.5 Å². The van der Waals surface area contributed by atoms with Crippen LogP contribution in [0.3, 0.4) is 0 Å². The Balaban J connectivity index is 1.33. The lowest BCUT2D eigenvalue weighted by Gasteiger charge is -2.51. The summed E-state index contributed by atoms with van der Waals surface area (Å²) in [6.45, 7) is 18.5. The zero-order valence-corrected chi connectivity index (χ0v) is 28.7. The number of carbonyl (C=O) groups is 1. The number of anilines is 3. The Bertz CT molecular complexity index is 1310. The van der Waals surface area contributed by atoms with E-state index < -0.39 is 17.1 Å². The molecular weight excluding hydrogens is 579 g/mol. The molecule has 1 amide bonds. The summed E-state index contributed by atoms with van der Waals surface area (Å²) in [7, 11) is -5.41. The number of benzene rings is 1. The average Bonchev–Trinajstić information content (AvgIpc) is 3.51. The first-order valence-electron chi connectivity index (χ1n) is 15.9. The van der Waals surface area contributed by atoms with E-state index in [1.807, 2.05) is 18.2 Å². The molecule has 1 aromatic heterocycles. The Morgan fingerprint density at radius 1 is 0.953 bits per heavy atom. The number of rotatable bonds is 6. The quantitative estimate of drug-likeness (QED) is 0.354. The normalized spacial score (nSPS) is 29.0. The molecule has 0 bridgehead atoms. The minimum absolute atomic E-state index is 0.0148. The summed E-state index contributed by atoms with van der Waals surface area (Å²) in [5.41, 5.74) is 2.37. The average molecular weight is 626 g/mol. The lowest BCUT2D eigenvalue weighted by molar-refractivity contribution is -0.0390. The Kier molecular flexibility index (Phi) is 8.22. The van der Waals surface area contributed by atoms with Crippen LogP contribution in [0.15, 0.2) is 36.7 Å². The predicted octanol–water partition coefficient (Wildman–Crippen LogP) is 6.38. The lowest BCUT2D eigenvalue weighted by atomic mass is 9.90. The zero-order chi connectivity index (χ0) is 30.7. The third-order valence-electron chi connectivity index (χ3n) is 9.83. The first-order chi connectivity index (χ1) is 20.5. The molecule has 43 heavy (non-hydrogen) atoms. The molecule has 0 saturated carbocycles. The van der Waals surface area contributed by atoms with Gasteiger partial charge in [-0.05, 0) is 47.1 Å². The maximum atomic E-state index is 13.0. The number of ether oxygens (including phenoxy) is 1. The van der Waals surface area contributed by atoms with Gasteiger partial charge in [-0.15, -0.1) is 0 Å². The Labute approximate surface area is 257 Å². The van der Waals surface area contributed by atoms with Crippen molar-refractivity contribution < 1.29 is 22.5 Å². The fourth-order valence-electron chi connectivity index (χ4n) is 7.62. The Hall–Kier alpha value is -2.36. The summed E-state index contributed by atoms with van der Waals surface area (Å²) in [5, 5.41) is 6.59. The molecule has 0 spiro atoms. The van der Waals surface area contributed by atoms with Gasteiger partial charge in [0.05, 0.1) is 12.7 Å². The number of fused-ring (bicyclic) bond motifs is 7. The molecule has 1 unspecified atom stereocenters. The first-order valence-corrected chi connectivity index (χ1v) is 19.9. The lowest BCUT2D eigenvalue weighted by Crippen LogP contribution is -2.65. The molecule has 0 radical (unpaired) electrons. The summed E-state index contributed by atoms with van der Waals surface area (Å²) in [4.78, 5) is 24.4. The number of aromatic nitrogens is 2. The molecule has 10 nitrogen and oxygen atoms in total. The second-order valence-electron chi connectivity index (χ2n) is 13.7. The van der Waals surface area contributed by atoms with Crippen LogP contribution in [0.4, 0.5) is 17.3 Å². The second-order valence-corrected chi connectivity index (χ2v) is 22.5. The standard InChI is InChI=1S/C31H47N5O5Si2/c1-18(2)42(19(3)4)38-16-24-27(40-43(41-42,20(5)6)21(7)8)23-14-15-25-34-26-28(35-30(37)22-12-10-9-11-13-22)32-17-33-29(26)36(25)31(23)39-24/h9-13,17-21,23-25,27,31,34H,14-16H2,1-8H3,(H,32,33,35,37)/t23-,24+,25?,27-,31+/m0/s1. The van der Waals surface area contributed by atoms with Gasteiger partial charge in [-0.1, -0.05) is 73.6 Å². The van der Waals surface area contributed by atoms with Crippen molar-refractivity contribution in [2.75, 3.05) is 22.1 Å². The number of nitrogens with one attached hydrogen (secondary N) is 2. The van der Waals surface area contributed by atoms with Crippen LogP contribution in [-0.4, -0.2) is 64.2 Å². The predicted molar refractivity (Wildman–Crippen MR) is 172 cm³/mol. The van der Waals surface area contributed by atoms with Gasteiger partial charge in [0.2, 0.25) is 0 Å². The highest BCUT2D eigenvalue weighted by molar-refractivity contribution is 6.84. The summed E-state index contributed by atoms with van der Waals surface area (Å²) in [6, 6.07) is 9.16. The van der Waals surface area contributed by atoms with E-state index in [-0.39, 0.29) is 58.6 Å². The molecule has 5 heterocycles. The van der Waals surface area contributed by atoms with E-state index in [0.717, 1.165) is 24.3 Å². The Morgan fingerprint density at radius 2 is 1.63 bits per heavy atom. The molecule has 6 rings (SSSR count). The monoisotopic (exact) mass is 625 g/mol. The number of piperidine rings is 1. The van der Waals surface area contributed by atoms with E-state index in [0.29, 0.717) is 18.0 Å². The third-order valence-corrected chi connectivity index (χ3v) is 20.1. The minimum atomic E-state index is -2.76. The maximum Gasteiger partial charge on any atom is 0.335 e. The highest BCUT2D eigenvalue weighted by Gasteiger charge is 2.63. The molecule has 2 aromatic rings. The van der Waals surface area contributed by atoms with Crippen LogP contribution in [-0.2, 0) is 17.7 Å². The summed E-state index contributed by atoms with van der Waals surface area (Å²) >= 11 is 0. The topological polar surface area (TPSA) is 107 Å². The Morgan fingerprint density at radius 3 is 2.28 bits per heavy atom. The van der Waals surface area contributed by atoms with Crippen molar-refractivity contribution in [1.82, 2.24) is 9.97 Å². The molecule has 1 aromatic carbocycles. The van der Waals surface area contributed by atoms with Crippen molar-refractivity contribution in [1.29, 1.82) is 0 Å². The number of carbonyl (C=O) groups excluding carboxylic acids is 1. The fourth-order valence-corrected chi connectivity index (χ4v) is 18.9. The molecule has 12 heteroatoms. The van der Waals surface area contributed by atoms with Gasteiger partial charge in [0.25, 0.3) is 5.91 Å². The molecule has 5 atom stereocenters. The molecule has 2 N–H and O–H groups in total. The molecule has 234 valence electrons. The van der Waals surface area contributed by atoms with Crippen molar-refractivity contribution in [2.45, 2.75) is 115 Å². The van der Waals surface area contributed by atoms with Crippen LogP contribution in [0.25, 0.3) is 0 Å². The molecular formula is C31H47N5O5Si2. The van der Waals surface area contributed by atoms with E-state index >= 15 is 0 Å². The van der Waals surface area contributed by atoms with Crippen molar-refractivity contribution in [3.63, 3.8) is 0 Å². The van der Waals surface area contributed by atoms with Crippen molar-refractivity contribution in [3.8, 4) is 0 Å². The van der Waals surface area contributed by atoms with E-state index in [1.54, 1.807) is 12.1 Å². The summed E-state index contributed by atoms with van der Waals surface area (Å²) in [6.07, 6.45) is 2.75. The SMILES string of the molecule is CC(C)[Si]1(C(C)C)OC[C@H]2O[C@@H]3[C@@H](CCC4Nc5c(NC(=O)c6ccccc6)ncnc5N43)[C@@H]2O[Si](C(C)C)(C(C)C)O1. The smallest absolute Gasteiger partial charge is 0.335 e. The van der Waals surface area contributed by atoms with E-state index in [2.05, 4.69) is 75.9 Å². The van der Waals surface area contributed by atoms with E-state index in [1.165, 1.54) is 6.33 Å². The molecule has 3 saturated heterocycles. The number of amides is 1. The molecule has 4 aliphatic heterocycles. The first kappa shape index (κ1) is 30.7. The number of hydrogen-bond acceptors (Lipinski definition) is 9. The van der Waals surface area contributed by atoms with Crippen molar-refractivity contribution in [3.05, 3.63) is 42.2 Å². The number of nitrogens with zero attached hydrogens (tertiary/aromatic N) is 3. The highest BCUT2D eigenvalue weighted by atomic mass is 28.5. The summed E-state index contributed by atoms with van der Waals surface area (Å²) < 4.78 is 28.8. The van der Waals surface area contributed by atoms with Gasteiger partial charge in [0.15, 0.2) is 11.6 Å². The van der Waals surface area contributed by atoms with Crippen LogP contribution in [0.5, 0.6) is 0 Å². The van der Waals surface area contributed by atoms with Gasteiger partial charge in [0.1, 0.15) is 30.5 Å². The number of hydrogen-bond donors (Lipinski definition) is 2. The van der Waals surface area contributed by atoms with Crippen LogP contribution in [0, 0.1) is 5.92 Å². The molecule has 4 aliphatic rings.